The van der Waals surface area contributed by atoms with Crippen LogP contribution in [0.3, 0.4) is 0 Å². The molecule has 0 rings (SSSR count). The Morgan fingerprint density at radius 3 is 2.53 bits per heavy atom. The van der Waals surface area contributed by atoms with Gasteiger partial charge in [0.15, 0.2) is 0 Å². The summed E-state index contributed by atoms with van der Waals surface area (Å²) in [7, 11) is 1.97. The van der Waals surface area contributed by atoms with E-state index in [2.05, 4.69) is 5.32 Å². The normalized spacial score (nSPS) is 10.9. The molecule has 0 bridgehead atoms. The van der Waals surface area contributed by atoms with Crippen molar-refractivity contribution in [2.75, 3.05) is 26.8 Å². The highest BCUT2D eigenvalue weighted by atomic mass is 16.5. The van der Waals surface area contributed by atoms with Crippen LogP contribution in [0.1, 0.15) is 39.5 Å². The van der Waals surface area contributed by atoms with Gasteiger partial charge in [-0.3, -0.25) is 4.79 Å². The molecule has 0 spiro atoms. The second-order valence-electron chi connectivity index (χ2n) is 4.15. The van der Waals surface area contributed by atoms with Gasteiger partial charge in [0.25, 0.3) is 0 Å². The van der Waals surface area contributed by atoms with Gasteiger partial charge in [0.2, 0.25) is 0 Å². The molecule has 0 radical (unpaired) electrons. The fraction of sp³-hybridized carbons (Fsp3) is 0.917. The number of ether oxygens (including phenoxy) is 1. The van der Waals surface area contributed by atoms with Crippen molar-refractivity contribution in [3.8, 4) is 0 Å². The lowest BCUT2D eigenvalue weighted by molar-refractivity contribution is -0.122. The number of carbonyl (C=O) groups excluding carboxylic acids is 1. The van der Waals surface area contributed by atoms with Gasteiger partial charge in [-0.1, -0.05) is 13.8 Å². The molecular weight excluding hydrogens is 190 g/mol. The van der Waals surface area contributed by atoms with Gasteiger partial charge in [-0.05, 0) is 32.9 Å². The second kappa shape index (κ2) is 10.1. The third kappa shape index (κ3) is 9.88. The summed E-state index contributed by atoms with van der Waals surface area (Å²) in [5.41, 5.74) is 0. The average Bonchev–Trinajstić information content (AvgIpc) is 2.21. The van der Waals surface area contributed by atoms with Crippen LogP contribution in [0.2, 0.25) is 0 Å². The maximum absolute atomic E-state index is 11.2. The smallest absolute Gasteiger partial charge is 0.137 e. The van der Waals surface area contributed by atoms with E-state index in [-0.39, 0.29) is 5.92 Å². The van der Waals surface area contributed by atoms with Gasteiger partial charge in [0, 0.05) is 18.9 Å². The topological polar surface area (TPSA) is 38.3 Å². The summed E-state index contributed by atoms with van der Waals surface area (Å²) in [5.74, 6) is 0.439. The predicted octanol–water partition coefficient (Wildman–Crippen LogP) is 2.01. The van der Waals surface area contributed by atoms with E-state index in [9.17, 15) is 4.79 Å². The Labute approximate surface area is 93.6 Å². The zero-order chi connectivity index (χ0) is 11.5. The summed E-state index contributed by atoms with van der Waals surface area (Å²) >= 11 is 0. The first-order valence-electron chi connectivity index (χ1n) is 5.93. The van der Waals surface area contributed by atoms with Gasteiger partial charge < -0.3 is 10.1 Å². The lowest BCUT2D eigenvalue weighted by Crippen LogP contribution is -2.11. The number of rotatable bonds is 10. The number of hydrogen-bond donors (Lipinski definition) is 1. The molecule has 3 nitrogen and oxygen atoms in total. The van der Waals surface area contributed by atoms with Crippen LogP contribution in [-0.4, -0.2) is 32.6 Å². The van der Waals surface area contributed by atoms with Crippen LogP contribution in [0.5, 0.6) is 0 Å². The first-order chi connectivity index (χ1) is 7.18. The molecule has 0 aliphatic rings. The highest BCUT2D eigenvalue weighted by Gasteiger charge is 2.05. The van der Waals surface area contributed by atoms with E-state index >= 15 is 0 Å². The Bertz CT molecular complexity index is 158. The standard InChI is InChI=1S/C12H25NO2/c1-11(2)12(14)7-10-15-9-6-4-5-8-13-3/h11,13H,4-10H2,1-3H3. The monoisotopic (exact) mass is 215 g/mol. The van der Waals surface area contributed by atoms with Crippen LogP contribution in [0.15, 0.2) is 0 Å². The van der Waals surface area contributed by atoms with E-state index < -0.39 is 0 Å². The minimum absolute atomic E-state index is 0.143. The van der Waals surface area contributed by atoms with E-state index in [0.717, 1.165) is 19.6 Å². The van der Waals surface area contributed by atoms with Crippen LogP contribution in [0, 0.1) is 5.92 Å². The lowest BCUT2D eigenvalue weighted by atomic mass is 10.1. The zero-order valence-electron chi connectivity index (χ0n) is 10.3. The molecule has 0 fully saturated rings. The Kier molecular flexibility index (Phi) is 9.84. The van der Waals surface area contributed by atoms with Gasteiger partial charge in [-0.25, -0.2) is 0 Å². The Balaban J connectivity index is 3.08. The lowest BCUT2D eigenvalue weighted by Gasteiger charge is -2.05. The quantitative estimate of drug-likeness (QED) is 0.566. The minimum atomic E-state index is 0.143. The largest absolute Gasteiger partial charge is 0.381 e. The van der Waals surface area contributed by atoms with Crippen molar-refractivity contribution in [2.45, 2.75) is 39.5 Å². The van der Waals surface area contributed by atoms with Crippen molar-refractivity contribution in [3.63, 3.8) is 0 Å². The molecule has 0 unspecified atom stereocenters. The summed E-state index contributed by atoms with van der Waals surface area (Å²) < 4.78 is 5.39. The van der Waals surface area contributed by atoms with Gasteiger partial charge in [0.05, 0.1) is 6.61 Å². The summed E-state index contributed by atoms with van der Waals surface area (Å²) in [4.78, 5) is 11.2. The molecule has 0 aromatic heterocycles. The van der Waals surface area contributed by atoms with Gasteiger partial charge >= 0.3 is 0 Å². The molecule has 0 aromatic carbocycles. The summed E-state index contributed by atoms with van der Waals surface area (Å²) in [6, 6.07) is 0. The van der Waals surface area contributed by atoms with Gasteiger partial charge in [-0.2, -0.15) is 0 Å². The molecule has 3 heteroatoms. The van der Waals surface area contributed by atoms with Crippen LogP contribution >= 0.6 is 0 Å². The van der Waals surface area contributed by atoms with Crippen molar-refractivity contribution < 1.29 is 9.53 Å². The van der Waals surface area contributed by atoms with Crippen molar-refractivity contribution >= 4 is 5.78 Å². The van der Waals surface area contributed by atoms with Crippen molar-refractivity contribution in [1.82, 2.24) is 5.32 Å². The maximum atomic E-state index is 11.2. The molecule has 0 aliphatic heterocycles. The molecule has 1 N–H and O–H groups in total. The fourth-order valence-corrected chi connectivity index (χ4v) is 1.25. The van der Waals surface area contributed by atoms with E-state index in [1.165, 1.54) is 12.8 Å². The van der Waals surface area contributed by atoms with Crippen LogP contribution in [0.4, 0.5) is 0 Å². The van der Waals surface area contributed by atoms with Crippen molar-refractivity contribution in [3.05, 3.63) is 0 Å². The van der Waals surface area contributed by atoms with Crippen LogP contribution in [0.25, 0.3) is 0 Å². The highest BCUT2D eigenvalue weighted by Crippen LogP contribution is 2.00. The maximum Gasteiger partial charge on any atom is 0.137 e. The molecule has 0 saturated carbocycles. The Morgan fingerprint density at radius 1 is 1.20 bits per heavy atom. The molecule has 90 valence electrons. The SMILES string of the molecule is CNCCCCCOCCC(=O)C(C)C. The first kappa shape index (κ1) is 14.6. The number of carbonyl (C=O) groups is 1. The summed E-state index contributed by atoms with van der Waals surface area (Å²) in [5, 5.41) is 3.11. The van der Waals surface area contributed by atoms with Gasteiger partial charge in [-0.15, -0.1) is 0 Å². The van der Waals surface area contributed by atoms with Crippen LogP contribution in [-0.2, 0) is 9.53 Å². The van der Waals surface area contributed by atoms with E-state index in [1.54, 1.807) is 0 Å². The molecule has 0 saturated heterocycles. The average molecular weight is 215 g/mol. The Hall–Kier alpha value is -0.410. The third-order valence-corrected chi connectivity index (χ3v) is 2.35. The molecule has 0 heterocycles. The molecule has 15 heavy (non-hydrogen) atoms. The molecular formula is C12H25NO2. The van der Waals surface area contributed by atoms with E-state index in [4.69, 9.17) is 4.74 Å². The fourth-order valence-electron chi connectivity index (χ4n) is 1.25. The van der Waals surface area contributed by atoms with Crippen molar-refractivity contribution in [1.29, 1.82) is 0 Å². The van der Waals surface area contributed by atoms with Crippen LogP contribution < -0.4 is 5.32 Å². The highest BCUT2D eigenvalue weighted by molar-refractivity contribution is 5.80. The number of unbranched alkanes of at least 4 members (excludes halogenated alkanes) is 2. The minimum Gasteiger partial charge on any atom is -0.381 e. The molecule has 0 aromatic rings. The molecule has 0 aliphatic carbocycles. The number of Topliss-reactive ketones (excluding diaryl/α,β-unsaturated/α-hetero) is 1. The summed E-state index contributed by atoms with van der Waals surface area (Å²) in [6.45, 7) is 6.31. The number of nitrogens with one attached hydrogen (secondary N) is 1. The first-order valence-corrected chi connectivity index (χ1v) is 5.93. The number of hydrogen-bond acceptors (Lipinski definition) is 3. The molecule has 0 amide bonds. The van der Waals surface area contributed by atoms with E-state index in [0.29, 0.717) is 18.8 Å². The molecule has 0 atom stereocenters. The Morgan fingerprint density at radius 2 is 1.93 bits per heavy atom. The van der Waals surface area contributed by atoms with Crippen molar-refractivity contribution in [2.24, 2.45) is 5.92 Å². The zero-order valence-corrected chi connectivity index (χ0v) is 10.3. The van der Waals surface area contributed by atoms with E-state index in [1.807, 2.05) is 20.9 Å². The summed E-state index contributed by atoms with van der Waals surface area (Å²) in [6.07, 6.45) is 4.05. The third-order valence-electron chi connectivity index (χ3n) is 2.35. The second-order valence-corrected chi connectivity index (χ2v) is 4.15. The predicted molar refractivity (Wildman–Crippen MR) is 63.1 cm³/mol. The van der Waals surface area contributed by atoms with Gasteiger partial charge in [0.1, 0.15) is 5.78 Å². The number of ketones is 1.